The standard InChI is InChI=1S/C8H13N3/c1-3-5-10-8-4-6-9-7(2)11-8/h4,6H,3,5H2,1-2H3,(H,9,10,11). The van der Waals surface area contributed by atoms with E-state index in [0.29, 0.717) is 0 Å². The van der Waals surface area contributed by atoms with Crippen LogP contribution in [-0.4, -0.2) is 16.5 Å². The molecule has 1 rings (SSSR count). The Morgan fingerprint density at radius 1 is 1.55 bits per heavy atom. The van der Waals surface area contributed by atoms with Crippen LogP contribution in [0.2, 0.25) is 0 Å². The van der Waals surface area contributed by atoms with Gasteiger partial charge >= 0.3 is 0 Å². The van der Waals surface area contributed by atoms with Crippen molar-refractivity contribution in [2.24, 2.45) is 0 Å². The van der Waals surface area contributed by atoms with Crippen molar-refractivity contribution >= 4 is 5.82 Å². The first-order valence-corrected chi connectivity index (χ1v) is 3.86. The highest BCUT2D eigenvalue weighted by atomic mass is 15.0. The molecule has 0 aromatic carbocycles. The van der Waals surface area contributed by atoms with E-state index in [-0.39, 0.29) is 0 Å². The lowest BCUT2D eigenvalue weighted by Gasteiger charge is -2.02. The number of hydrogen-bond acceptors (Lipinski definition) is 3. The first-order chi connectivity index (χ1) is 5.33. The molecule has 0 radical (unpaired) electrons. The summed E-state index contributed by atoms with van der Waals surface area (Å²) in [7, 11) is 0. The predicted molar refractivity (Wildman–Crippen MR) is 45.5 cm³/mol. The number of nitrogens with one attached hydrogen (secondary N) is 1. The van der Waals surface area contributed by atoms with Gasteiger partial charge in [0, 0.05) is 12.7 Å². The highest BCUT2D eigenvalue weighted by molar-refractivity contribution is 5.32. The molecule has 60 valence electrons. The van der Waals surface area contributed by atoms with Crippen molar-refractivity contribution in [2.45, 2.75) is 20.3 Å². The van der Waals surface area contributed by atoms with Crippen LogP contribution >= 0.6 is 0 Å². The van der Waals surface area contributed by atoms with E-state index in [2.05, 4.69) is 22.2 Å². The molecule has 1 aromatic rings. The van der Waals surface area contributed by atoms with Crippen molar-refractivity contribution in [3.8, 4) is 0 Å². The zero-order valence-corrected chi connectivity index (χ0v) is 6.96. The third-order valence-corrected chi connectivity index (χ3v) is 1.33. The van der Waals surface area contributed by atoms with Crippen molar-refractivity contribution in [2.75, 3.05) is 11.9 Å². The van der Waals surface area contributed by atoms with E-state index < -0.39 is 0 Å². The normalized spacial score (nSPS) is 9.64. The third-order valence-electron chi connectivity index (χ3n) is 1.33. The van der Waals surface area contributed by atoms with Crippen LogP contribution in [0.3, 0.4) is 0 Å². The Balaban J connectivity index is 2.56. The Labute approximate surface area is 66.9 Å². The van der Waals surface area contributed by atoms with Crippen LogP contribution in [0.1, 0.15) is 19.2 Å². The van der Waals surface area contributed by atoms with Crippen LogP contribution < -0.4 is 5.32 Å². The molecule has 0 unspecified atom stereocenters. The predicted octanol–water partition coefficient (Wildman–Crippen LogP) is 1.61. The summed E-state index contributed by atoms with van der Waals surface area (Å²) in [6.45, 7) is 4.98. The second-order valence-corrected chi connectivity index (χ2v) is 2.42. The average molecular weight is 151 g/mol. The summed E-state index contributed by atoms with van der Waals surface area (Å²) in [4.78, 5) is 8.19. The van der Waals surface area contributed by atoms with Gasteiger partial charge in [-0.25, -0.2) is 9.97 Å². The van der Waals surface area contributed by atoms with Gasteiger partial charge in [-0.05, 0) is 19.4 Å². The number of rotatable bonds is 3. The maximum absolute atomic E-state index is 4.19. The lowest BCUT2D eigenvalue weighted by Crippen LogP contribution is -2.02. The molecule has 11 heavy (non-hydrogen) atoms. The van der Waals surface area contributed by atoms with Gasteiger partial charge < -0.3 is 5.32 Å². The first-order valence-electron chi connectivity index (χ1n) is 3.86. The SMILES string of the molecule is CCCNc1ccnc(C)n1. The lowest BCUT2D eigenvalue weighted by molar-refractivity contribution is 0.954. The number of aromatic nitrogens is 2. The van der Waals surface area contributed by atoms with Gasteiger partial charge in [0.2, 0.25) is 0 Å². The Morgan fingerprint density at radius 2 is 2.36 bits per heavy atom. The summed E-state index contributed by atoms with van der Waals surface area (Å²) < 4.78 is 0. The van der Waals surface area contributed by atoms with Crippen LogP contribution in [0, 0.1) is 6.92 Å². The molecular formula is C8H13N3. The lowest BCUT2D eigenvalue weighted by atomic mass is 10.4. The molecule has 1 heterocycles. The van der Waals surface area contributed by atoms with E-state index in [4.69, 9.17) is 0 Å². The van der Waals surface area contributed by atoms with E-state index in [9.17, 15) is 0 Å². The van der Waals surface area contributed by atoms with E-state index in [1.165, 1.54) is 0 Å². The van der Waals surface area contributed by atoms with Crippen LogP contribution in [0.4, 0.5) is 5.82 Å². The number of nitrogens with zero attached hydrogens (tertiary/aromatic N) is 2. The zero-order chi connectivity index (χ0) is 8.10. The highest BCUT2D eigenvalue weighted by Gasteiger charge is 1.91. The van der Waals surface area contributed by atoms with Crippen LogP contribution in [-0.2, 0) is 0 Å². The fourth-order valence-electron chi connectivity index (χ4n) is 0.808. The largest absolute Gasteiger partial charge is 0.370 e. The molecule has 0 aliphatic carbocycles. The monoisotopic (exact) mass is 151 g/mol. The topological polar surface area (TPSA) is 37.8 Å². The Hall–Kier alpha value is -1.12. The molecular weight excluding hydrogens is 138 g/mol. The molecule has 0 saturated heterocycles. The minimum Gasteiger partial charge on any atom is -0.370 e. The maximum atomic E-state index is 4.19. The van der Waals surface area contributed by atoms with Crippen LogP contribution in [0.5, 0.6) is 0 Å². The van der Waals surface area contributed by atoms with Gasteiger partial charge in [-0.3, -0.25) is 0 Å². The summed E-state index contributed by atoms with van der Waals surface area (Å²) in [6, 6.07) is 1.88. The molecule has 3 heteroatoms. The fraction of sp³-hybridized carbons (Fsp3) is 0.500. The molecule has 0 aliphatic rings. The molecule has 0 saturated carbocycles. The van der Waals surface area contributed by atoms with Crippen LogP contribution in [0.15, 0.2) is 12.3 Å². The van der Waals surface area contributed by atoms with E-state index in [1.54, 1.807) is 6.20 Å². The van der Waals surface area contributed by atoms with Gasteiger partial charge in [0.15, 0.2) is 0 Å². The van der Waals surface area contributed by atoms with Crippen LogP contribution in [0.25, 0.3) is 0 Å². The Bertz CT molecular complexity index is 222. The van der Waals surface area contributed by atoms with Gasteiger partial charge in [0.25, 0.3) is 0 Å². The maximum Gasteiger partial charge on any atom is 0.129 e. The van der Waals surface area contributed by atoms with E-state index in [0.717, 1.165) is 24.6 Å². The highest BCUT2D eigenvalue weighted by Crippen LogP contribution is 2.00. The molecule has 0 atom stereocenters. The quantitative estimate of drug-likeness (QED) is 0.713. The molecule has 0 spiro atoms. The summed E-state index contributed by atoms with van der Waals surface area (Å²) in [5, 5.41) is 3.18. The molecule has 3 nitrogen and oxygen atoms in total. The van der Waals surface area contributed by atoms with Crippen molar-refractivity contribution in [1.82, 2.24) is 9.97 Å². The van der Waals surface area contributed by atoms with Gasteiger partial charge in [-0.15, -0.1) is 0 Å². The van der Waals surface area contributed by atoms with Gasteiger partial charge in [-0.1, -0.05) is 6.92 Å². The molecule has 1 aromatic heterocycles. The van der Waals surface area contributed by atoms with E-state index >= 15 is 0 Å². The summed E-state index contributed by atoms with van der Waals surface area (Å²) in [5.41, 5.74) is 0. The second-order valence-electron chi connectivity index (χ2n) is 2.42. The van der Waals surface area contributed by atoms with Gasteiger partial charge in [-0.2, -0.15) is 0 Å². The number of anilines is 1. The number of hydrogen-bond donors (Lipinski definition) is 1. The molecule has 0 bridgehead atoms. The van der Waals surface area contributed by atoms with Crippen molar-refractivity contribution in [1.29, 1.82) is 0 Å². The van der Waals surface area contributed by atoms with Gasteiger partial charge in [0.05, 0.1) is 0 Å². The fourth-order valence-corrected chi connectivity index (χ4v) is 0.808. The third kappa shape index (κ3) is 2.53. The zero-order valence-electron chi connectivity index (χ0n) is 6.96. The number of aryl methyl sites for hydroxylation is 1. The Kier molecular flexibility index (Phi) is 2.83. The van der Waals surface area contributed by atoms with Crippen molar-refractivity contribution < 1.29 is 0 Å². The second kappa shape index (κ2) is 3.91. The first kappa shape index (κ1) is 7.98. The van der Waals surface area contributed by atoms with E-state index in [1.807, 2.05) is 13.0 Å². The minimum absolute atomic E-state index is 0.811. The molecule has 1 N–H and O–H groups in total. The molecule has 0 fully saturated rings. The summed E-state index contributed by atoms with van der Waals surface area (Å²) >= 11 is 0. The Morgan fingerprint density at radius 3 is 3.00 bits per heavy atom. The summed E-state index contributed by atoms with van der Waals surface area (Å²) in [6.07, 6.45) is 2.88. The average Bonchev–Trinajstić information content (AvgIpc) is 2.01. The molecule has 0 amide bonds. The van der Waals surface area contributed by atoms with Crippen molar-refractivity contribution in [3.05, 3.63) is 18.1 Å². The van der Waals surface area contributed by atoms with Gasteiger partial charge in [0.1, 0.15) is 11.6 Å². The minimum atomic E-state index is 0.811. The van der Waals surface area contributed by atoms with Crippen molar-refractivity contribution in [3.63, 3.8) is 0 Å². The smallest absolute Gasteiger partial charge is 0.129 e. The summed E-state index contributed by atoms with van der Waals surface area (Å²) in [5.74, 6) is 1.73. The molecule has 0 aliphatic heterocycles.